The minimum Gasteiger partial charge on any atom is -0.314 e. The Bertz CT molecular complexity index is 2600. The molecule has 0 amide bonds. The van der Waals surface area contributed by atoms with Gasteiger partial charge in [-0.15, -0.1) is 0 Å². The summed E-state index contributed by atoms with van der Waals surface area (Å²) in [5.74, 6) is 0.695. The van der Waals surface area contributed by atoms with Gasteiger partial charge >= 0.3 is 0 Å². The Kier molecular flexibility index (Phi) is 7.64. The van der Waals surface area contributed by atoms with E-state index in [4.69, 9.17) is 9.97 Å². The smallest absolute Gasteiger partial charge is 0.160 e. The Balaban J connectivity index is 1.04. The van der Waals surface area contributed by atoms with Gasteiger partial charge in [0.05, 0.1) is 11.4 Å². The lowest BCUT2D eigenvalue weighted by Gasteiger charge is -2.12. The molecule has 1 unspecified atom stereocenters. The van der Waals surface area contributed by atoms with Crippen LogP contribution in [0.15, 0.2) is 182 Å². The molecule has 1 aromatic heterocycles. The van der Waals surface area contributed by atoms with Gasteiger partial charge in [0, 0.05) is 27.3 Å². The SMILES string of the molecule is CP1(=O)c2ccccc2-c2ccc(-c3cccc(-c4ccc(-c5cc(-c6ccc(-c7ccccc7)cc6)nc(-c6ccccc6)n5)cc4)c3)cc21. The average molecular weight is 673 g/mol. The molecule has 9 rings (SSSR count). The number of benzene rings is 7. The molecule has 4 heteroatoms. The van der Waals surface area contributed by atoms with Crippen LogP contribution in [0, 0.1) is 0 Å². The monoisotopic (exact) mass is 672 g/mol. The second-order valence-corrected chi connectivity index (χ2v) is 15.9. The van der Waals surface area contributed by atoms with Crippen LogP contribution in [0.25, 0.3) is 78.4 Å². The summed E-state index contributed by atoms with van der Waals surface area (Å²) in [5, 5.41) is 1.90. The lowest BCUT2D eigenvalue weighted by molar-refractivity contribution is 0.591. The fraction of sp³-hybridized carbons (Fsp3) is 0.0213. The van der Waals surface area contributed by atoms with Gasteiger partial charge in [-0.05, 0) is 69.4 Å². The van der Waals surface area contributed by atoms with Gasteiger partial charge < -0.3 is 4.57 Å². The van der Waals surface area contributed by atoms with Crippen molar-refractivity contribution >= 4 is 17.8 Å². The van der Waals surface area contributed by atoms with E-state index in [-0.39, 0.29) is 0 Å². The van der Waals surface area contributed by atoms with Crippen LogP contribution in [0.5, 0.6) is 0 Å². The van der Waals surface area contributed by atoms with Gasteiger partial charge in [0.1, 0.15) is 7.14 Å². The molecule has 8 aromatic rings. The lowest BCUT2D eigenvalue weighted by Crippen LogP contribution is -2.08. The number of hydrogen-bond donors (Lipinski definition) is 0. The molecular weight excluding hydrogens is 640 g/mol. The molecule has 1 atom stereocenters. The Labute approximate surface area is 298 Å². The molecule has 51 heavy (non-hydrogen) atoms. The quantitative estimate of drug-likeness (QED) is 0.165. The van der Waals surface area contributed by atoms with Gasteiger partial charge in [0.15, 0.2) is 5.82 Å². The van der Waals surface area contributed by atoms with E-state index in [1.165, 1.54) is 11.1 Å². The van der Waals surface area contributed by atoms with Gasteiger partial charge in [-0.2, -0.15) is 0 Å². The van der Waals surface area contributed by atoms with Crippen molar-refractivity contribution < 1.29 is 4.57 Å². The molecule has 242 valence electrons. The van der Waals surface area contributed by atoms with Gasteiger partial charge in [-0.25, -0.2) is 9.97 Å². The van der Waals surface area contributed by atoms with Crippen LogP contribution in [0.1, 0.15) is 0 Å². The van der Waals surface area contributed by atoms with E-state index in [0.717, 1.165) is 72.1 Å². The molecule has 0 saturated heterocycles. The summed E-state index contributed by atoms with van der Waals surface area (Å²) in [4.78, 5) is 10.1. The van der Waals surface area contributed by atoms with Crippen LogP contribution >= 0.6 is 7.14 Å². The van der Waals surface area contributed by atoms with Crippen LogP contribution in [0.3, 0.4) is 0 Å². The second-order valence-electron chi connectivity index (χ2n) is 13.1. The molecular formula is C47H33N2OP. The first kappa shape index (κ1) is 30.9. The highest BCUT2D eigenvalue weighted by atomic mass is 31.2. The number of nitrogens with zero attached hydrogens (tertiary/aromatic N) is 2. The molecule has 1 aliphatic rings. The van der Waals surface area contributed by atoms with Crippen molar-refractivity contribution in [1.82, 2.24) is 9.97 Å². The third-order valence-electron chi connectivity index (χ3n) is 9.87. The van der Waals surface area contributed by atoms with Crippen molar-refractivity contribution in [2.75, 3.05) is 6.66 Å². The summed E-state index contributed by atoms with van der Waals surface area (Å²) in [5.41, 5.74) is 13.7. The molecule has 7 aromatic carbocycles. The number of rotatable bonds is 6. The maximum absolute atomic E-state index is 13.9. The van der Waals surface area contributed by atoms with Crippen molar-refractivity contribution in [2.24, 2.45) is 0 Å². The van der Waals surface area contributed by atoms with Crippen molar-refractivity contribution in [1.29, 1.82) is 0 Å². The van der Waals surface area contributed by atoms with E-state index >= 15 is 0 Å². The molecule has 1 aliphatic heterocycles. The zero-order chi connectivity index (χ0) is 34.4. The first-order valence-corrected chi connectivity index (χ1v) is 19.3. The highest BCUT2D eigenvalue weighted by Crippen LogP contribution is 2.50. The summed E-state index contributed by atoms with van der Waals surface area (Å²) in [6.07, 6.45) is 0. The van der Waals surface area contributed by atoms with E-state index in [9.17, 15) is 4.57 Å². The van der Waals surface area contributed by atoms with Crippen molar-refractivity contribution in [2.45, 2.75) is 0 Å². The minimum atomic E-state index is -2.65. The zero-order valence-corrected chi connectivity index (χ0v) is 29.0. The summed E-state index contributed by atoms with van der Waals surface area (Å²) in [7, 11) is -2.65. The van der Waals surface area contributed by atoms with Crippen LogP contribution in [0.2, 0.25) is 0 Å². The lowest BCUT2D eigenvalue weighted by atomic mass is 9.96. The molecule has 0 saturated carbocycles. The minimum absolute atomic E-state index is 0.695. The van der Waals surface area contributed by atoms with Gasteiger partial charge in [0.2, 0.25) is 0 Å². The first-order chi connectivity index (χ1) is 25.0. The third kappa shape index (κ3) is 5.72. The standard InChI is InChI=1S/C47H33N2OP/c1-51(50)45-18-9-8-17-41(45)42-28-27-40(30-46(42)51)39-16-10-15-38(29-39)34-21-25-36(26-22-34)44-31-43(48-47(49-44)37-13-6-3-7-14-37)35-23-19-33(20-24-35)32-11-4-2-5-12-32/h2-31H,1H3. The summed E-state index contributed by atoms with van der Waals surface area (Å²) in [6.45, 7) is 1.89. The predicted molar refractivity (Wildman–Crippen MR) is 213 cm³/mol. The van der Waals surface area contributed by atoms with Crippen LogP contribution in [-0.4, -0.2) is 16.6 Å². The van der Waals surface area contributed by atoms with Gasteiger partial charge in [-0.3, -0.25) is 0 Å². The van der Waals surface area contributed by atoms with Gasteiger partial charge in [-0.1, -0.05) is 164 Å². The molecule has 0 fully saturated rings. The van der Waals surface area contributed by atoms with Gasteiger partial charge in [0.25, 0.3) is 0 Å². The topological polar surface area (TPSA) is 42.9 Å². The third-order valence-corrected chi connectivity index (χ3v) is 12.5. The molecule has 0 N–H and O–H groups in total. The normalized spacial score (nSPS) is 14.5. The van der Waals surface area contributed by atoms with E-state index < -0.39 is 7.14 Å². The van der Waals surface area contributed by atoms with Crippen molar-refractivity contribution in [3.63, 3.8) is 0 Å². The highest BCUT2D eigenvalue weighted by Gasteiger charge is 2.34. The predicted octanol–water partition coefficient (Wildman–Crippen LogP) is 11.4. The Hall–Kier alpha value is -6.15. The van der Waals surface area contributed by atoms with Crippen molar-refractivity contribution in [3.8, 4) is 78.4 Å². The van der Waals surface area contributed by atoms with Crippen LogP contribution in [0.4, 0.5) is 0 Å². The molecule has 3 nitrogen and oxygen atoms in total. The van der Waals surface area contributed by atoms with E-state index in [0.29, 0.717) is 5.82 Å². The average Bonchev–Trinajstić information content (AvgIpc) is 3.44. The maximum atomic E-state index is 13.9. The Morgan fingerprint density at radius 2 is 0.784 bits per heavy atom. The molecule has 0 spiro atoms. The van der Waals surface area contributed by atoms with Crippen LogP contribution < -0.4 is 10.6 Å². The number of hydrogen-bond acceptors (Lipinski definition) is 3. The summed E-state index contributed by atoms with van der Waals surface area (Å²) >= 11 is 0. The van der Waals surface area contributed by atoms with Crippen molar-refractivity contribution in [3.05, 3.63) is 182 Å². The fourth-order valence-electron chi connectivity index (χ4n) is 7.13. The van der Waals surface area contributed by atoms with E-state index in [2.05, 4.69) is 140 Å². The Morgan fingerprint density at radius 1 is 0.353 bits per heavy atom. The largest absolute Gasteiger partial charge is 0.314 e. The second kappa shape index (κ2) is 12.6. The van der Waals surface area contributed by atoms with E-state index in [1.54, 1.807) is 0 Å². The van der Waals surface area contributed by atoms with Crippen LogP contribution in [-0.2, 0) is 4.57 Å². The summed E-state index contributed by atoms with van der Waals surface area (Å²) in [6, 6.07) is 62.9. The molecule has 2 heterocycles. The maximum Gasteiger partial charge on any atom is 0.160 e. The Morgan fingerprint density at radius 3 is 1.43 bits per heavy atom. The fourth-order valence-corrected chi connectivity index (χ4v) is 9.46. The molecule has 0 aliphatic carbocycles. The zero-order valence-electron chi connectivity index (χ0n) is 28.1. The molecule has 0 bridgehead atoms. The first-order valence-electron chi connectivity index (χ1n) is 17.1. The summed E-state index contributed by atoms with van der Waals surface area (Å²) < 4.78 is 13.9. The highest BCUT2D eigenvalue weighted by molar-refractivity contribution is 7.79. The number of aromatic nitrogens is 2. The number of fused-ring (bicyclic) bond motifs is 3. The molecule has 0 radical (unpaired) electrons. The van der Waals surface area contributed by atoms with E-state index in [1.807, 2.05) is 49.1 Å².